The quantitative estimate of drug-likeness (QED) is 0.293. The molecule has 0 aromatic rings. The van der Waals surface area contributed by atoms with Crippen LogP contribution < -0.4 is 0 Å². The molecule has 1 aliphatic carbocycles. The molecule has 152 valence electrons. The van der Waals surface area contributed by atoms with Crippen LogP contribution in [0.2, 0.25) is 0 Å². The average molecular weight is 377 g/mol. The van der Waals surface area contributed by atoms with E-state index >= 15 is 0 Å². The number of esters is 1. The standard InChI is InChI=1S/C23H36O4/c1-7-8-9-10-14-27-21(26)12-11-13-23(5,6)18-16-19(24)17(15-20(18)25)22(2,3)4/h15-16H,7-14H2,1-6H3. The summed E-state index contributed by atoms with van der Waals surface area (Å²) in [6.07, 6.45) is 8.94. The molecule has 0 bridgehead atoms. The average Bonchev–Trinajstić information content (AvgIpc) is 2.55. The smallest absolute Gasteiger partial charge is 0.305 e. The molecule has 1 aliphatic rings. The minimum atomic E-state index is -0.450. The van der Waals surface area contributed by atoms with Gasteiger partial charge >= 0.3 is 5.97 Å². The molecule has 0 aliphatic heterocycles. The highest BCUT2D eigenvalue weighted by Gasteiger charge is 2.34. The summed E-state index contributed by atoms with van der Waals surface area (Å²) in [5, 5.41) is 0. The van der Waals surface area contributed by atoms with Crippen molar-refractivity contribution in [1.29, 1.82) is 0 Å². The minimum absolute atomic E-state index is 0.0864. The Hall–Kier alpha value is -1.71. The Kier molecular flexibility index (Phi) is 8.64. The van der Waals surface area contributed by atoms with E-state index in [1.54, 1.807) is 0 Å². The van der Waals surface area contributed by atoms with Gasteiger partial charge in [0.2, 0.25) is 0 Å². The lowest BCUT2D eigenvalue weighted by atomic mass is 9.72. The Labute approximate surface area is 164 Å². The van der Waals surface area contributed by atoms with Gasteiger partial charge in [-0.1, -0.05) is 60.8 Å². The van der Waals surface area contributed by atoms with Crippen LogP contribution in [0, 0.1) is 10.8 Å². The fraction of sp³-hybridized carbons (Fsp3) is 0.696. The van der Waals surface area contributed by atoms with E-state index in [1.165, 1.54) is 18.6 Å². The molecule has 4 heteroatoms. The van der Waals surface area contributed by atoms with Gasteiger partial charge in [0.15, 0.2) is 11.6 Å². The molecule has 0 spiro atoms. The van der Waals surface area contributed by atoms with E-state index in [1.807, 2.05) is 34.6 Å². The SMILES string of the molecule is CCCCCCOC(=O)CCCC(C)(C)C1=CC(=O)C(C(C)(C)C)=CC1=O. The van der Waals surface area contributed by atoms with Gasteiger partial charge in [-0.05, 0) is 42.2 Å². The second-order valence-corrected chi connectivity index (χ2v) is 9.11. The van der Waals surface area contributed by atoms with Crippen molar-refractivity contribution in [3.63, 3.8) is 0 Å². The maximum atomic E-state index is 12.6. The number of carbonyl (C=O) groups excluding carboxylic acids is 3. The molecule has 0 heterocycles. The van der Waals surface area contributed by atoms with Gasteiger partial charge in [0.1, 0.15) is 0 Å². The van der Waals surface area contributed by atoms with Gasteiger partial charge in [-0.3, -0.25) is 14.4 Å². The molecule has 0 radical (unpaired) electrons. The first-order chi connectivity index (χ1) is 12.5. The third kappa shape index (κ3) is 7.43. The van der Waals surface area contributed by atoms with Crippen LogP contribution in [0.4, 0.5) is 0 Å². The fourth-order valence-corrected chi connectivity index (χ4v) is 3.27. The van der Waals surface area contributed by atoms with Crippen molar-refractivity contribution >= 4 is 17.5 Å². The monoisotopic (exact) mass is 376 g/mol. The van der Waals surface area contributed by atoms with Gasteiger partial charge in [-0.25, -0.2) is 0 Å². The van der Waals surface area contributed by atoms with Crippen molar-refractivity contribution in [3.05, 3.63) is 23.3 Å². The third-order valence-corrected chi connectivity index (χ3v) is 5.06. The van der Waals surface area contributed by atoms with Crippen molar-refractivity contribution in [2.45, 2.75) is 86.5 Å². The van der Waals surface area contributed by atoms with Crippen LogP contribution in [0.15, 0.2) is 23.3 Å². The van der Waals surface area contributed by atoms with E-state index in [9.17, 15) is 14.4 Å². The van der Waals surface area contributed by atoms with Gasteiger partial charge in [0.05, 0.1) is 6.61 Å². The van der Waals surface area contributed by atoms with Crippen LogP contribution in [0.25, 0.3) is 0 Å². The molecule has 0 aromatic carbocycles. The summed E-state index contributed by atoms with van der Waals surface area (Å²) in [6, 6.07) is 0. The van der Waals surface area contributed by atoms with E-state index in [-0.39, 0.29) is 23.0 Å². The Morgan fingerprint density at radius 2 is 1.48 bits per heavy atom. The molecular weight excluding hydrogens is 340 g/mol. The summed E-state index contributed by atoms with van der Waals surface area (Å²) in [7, 11) is 0. The minimum Gasteiger partial charge on any atom is -0.466 e. The number of hydrogen-bond acceptors (Lipinski definition) is 4. The molecule has 1 rings (SSSR count). The molecule has 0 atom stereocenters. The van der Waals surface area contributed by atoms with E-state index in [0.29, 0.717) is 37.0 Å². The van der Waals surface area contributed by atoms with E-state index in [0.717, 1.165) is 19.3 Å². The van der Waals surface area contributed by atoms with Gasteiger partial charge in [0, 0.05) is 17.6 Å². The molecule has 0 fully saturated rings. The van der Waals surface area contributed by atoms with E-state index in [2.05, 4.69) is 6.92 Å². The van der Waals surface area contributed by atoms with Crippen LogP contribution >= 0.6 is 0 Å². The van der Waals surface area contributed by atoms with Crippen LogP contribution in [0.1, 0.15) is 86.5 Å². The van der Waals surface area contributed by atoms with Crippen molar-refractivity contribution in [1.82, 2.24) is 0 Å². The van der Waals surface area contributed by atoms with Gasteiger partial charge in [-0.15, -0.1) is 0 Å². The molecule has 0 saturated heterocycles. The Morgan fingerprint density at radius 3 is 2.07 bits per heavy atom. The zero-order valence-electron chi connectivity index (χ0n) is 17.9. The molecule has 0 saturated carbocycles. The maximum absolute atomic E-state index is 12.6. The summed E-state index contributed by atoms with van der Waals surface area (Å²) >= 11 is 0. The van der Waals surface area contributed by atoms with Crippen LogP contribution in [-0.2, 0) is 19.1 Å². The predicted octanol–water partition coefficient (Wildman–Crippen LogP) is 5.36. The number of hydrogen-bond donors (Lipinski definition) is 0. The topological polar surface area (TPSA) is 60.4 Å². The Morgan fingerprint density at radius 1 is 0.889 bits per heavy atom. The lowest BCUT2D eigenvalue weighted by molar-refractivity contribution is -0.144. The highest BCUT2D eigenvalue weighted by Crippen LogP contribution is 2.38. The van der Waals surface area contributed by atoms with Crippen molar-refractivity contribution in [3.8, 4) is 0 Å². The molecule has 0 N–H and O–H groups in total. The van der Waals surface area contributed by atoms with E-state index in [4.69, 9.17) is 4.74 Å². The summed E-state index contributed by atoms with van der Waals surface area (Å²) in [4.78, 5) is 36.9. The zero-order chi connectivity index (χ0) is 20.7. The molecule has 0 amide bonds. The highest BCUT2D eigenvalue weighted by molar-refractivity contribution is 6.20. The first-order valence-electron chi connectivity index (χ1n) is 10.2. The van der Waals surface area contributed by atoms with Crippen molar-refractivity contribution in [2.75, 3.05) is 6.61 Å². The van der Waals surface area contributed by atoms with Crippen molar-refractivity contribution in [2.24, 2.45) is 10.8 Å². The Bertz CT molecular complexity index is 615. The normalized spacial score (nSPS) is 15.5. The number of ether oxygens (including phenoxy) is 1. The second-order valence-electron chi connectivity index (χ2n) is 9.11. The molecule has 0 aromatic heterocycles. The molecule has 0 unspecified atom stereocenters. The van der Waals surface area contributed by atoms with Gasteiger partial charge in [0.25, 0.3) is 0 Å². The fourth-order valence-electron chi connectivity index (χ4n) is 3.27. The van der Waals surface area contributed by atoms with E-state index < -0.39 is 5.41 Å². The lowest BCUT2D eigenvalue weighted by Crippen LogP contribution is -2.29. The zero-order valence-corrected chi connectivity index (χ0v) is 17.9. The number of ketones is 2. The summed E-state index contributed by atoms with van der Waals surface area (Å²) < 4.78 is 5.25. The maximum Gasteiger partial charge on any atom is 0.305 e. The van der Waals surface area contributed by atoms with Crippen LogP contribution in [0.3, 0.4) is 0 Å². The lowest BCUT2D eigenvalue weighted by Gasteiger charge is -2.30. The first kappa shape index (κ1) is 23.3. The number of rotatable bonds is 10. The summed E-state index contributed by atoms with van der Waals surface area (Å²) in [5.74, 6) is -0.364. The van der Waals surface area contributed by atoms with Gasteiger partial charge in [-0.2, -0.15) is 0 Å². The molecule has 4 nitrogen and oxygen atoms in total. The molecular formula is C23H36O4. The second kappa shape index (κ2) is 10.0. The number of allylic oxidation sites excluding steroid dienone is 4. The number of carbonyl (C=O) groups is 3. The van der Waals surface area contributed by atoms with Gasteiger partial charge < -0.3 is 4.74 Å². The third-order valence-electron chi connectivity index (χ3n) is 5.06. The number of unbranched alkanes of at least 4 members (excludes halogenated alkanes) is 3. The van der Waals surface area contributed by atoms with Crippen LogP contribution in [-0.4, -0.2) is 24.1 Å². The first-order valence-corrected chi connectivity index (χ1v) is 10.2. The van der Waals surface area contributed by atoms with Crippen LogP contribution in [0.5, 0.6) is 0 Å². The summed E-state index contributed by atoms with van der Waals surface area (Å²) in [5.41, 5.74) is 0.292. The Balaban J connectivity index is 2.53. The largest absolute Gasteiger partial charge is 0.466 e. The highest BCUT2D eigenvalue weighted by atomic mass is 16.5. The van der Waals surface area contributed by atoms with Crippen molar-refractivity contribution < 1.29 is 19.1 Å². The predicted molar refractivity (Wildman–Crippen MR) is 108 cm³/mol. The molecule has 27 heavy (non-hydrogen) atoms. The summed E-state index contributed by atoms with van der Waals surface area (Å²) in [6.45, 7) is 12.3.